The highest BCUT2D eigenvalue weighted by Crippen LogP contribution is 2.33. The molecule has 0 saturated carbocycles. The third-order valence-electron chi connectivity index (χ3n) is 2.70. The number of methoxy groups -OCH3 is 1. The minimum atomic E-state index is -0.0991. The largest absolute Gasteiger partial charge is 0.395 e. The van der Waals surface area contributed by atoms with Crippen LogP contribution in [0.1, 0.15) is 15.8 Å². The molecule has 0 fully saturated rings. The molecule has 2 rings (SSSR count). The van der Waals surface area contributed by atoms with Gasteiger partial charge in [0.25, 0.3) is 0 Å². The molecule has 0 saturated heterocycles. The molecule has 0 spiro atoms. The van der Waals surface area contributed by atoms with Gasteiger partial charge in [-0.3, -0.25) is 5.32 Å². The molecule has 2 N–H and O–H groups in total. The predicted molar refractivity (Wildman–Crippen MR) is 81.4 cm³/mol. The number of nitrogens with one attached hydrogen (secondary N) is 1. The highest BCUT2D eigenvalue weighted by molar-refractivity contribution is 7.16. The normalized spacial score (nSPS) is 14.5. The molecule has 2 heterocycles. The van der Waals surface area contributed by atoms with Gasteiger partial charge in [-0.2, -0.15) is 0 Å². The van der Waals surface area contributed by atoms with Crippen LogP contribution < -0.4 is 5.32 Å². The number of aliphatic hydroxyl groups excluding tert-OH is 1. The lowest BCUT2D eigenvalue weighted by Gasteiger charge is -2.22. The number of aliphatic hydroxyl groups is 1. The average molecular weight is 318 g/mol. The van der Waals surface area contributed by atoms with Crippen molar-refractivity contribution < 1.29 is 9.84 Å². The van der Waals surface area contributed by atoms with Crippen LogP contribution in [0.4, 0.5) is 0 Å². The molecule has 2 atom stereocenters. The predicted octanol–water partition coefficient (Wildman–Crippen LogP) is 3.15. The van der Waals surface area contributed by atoms with Crippen LogP contribution in [-0.2, 0) is 4.74 Å². The van der Waals surface area contributed by atoms with Crippen molar-refractivity contribution in [2.75, 3.05) is 20.3 Å². The number of hydrogen-bond acceptors (Lipinski definition) is 5. The lowest BCUT2D eigenvalue weighted by Crippen LogP contribution is -2.39. The first-order chi connectivity index (χ1) is 9.24. The summed E-state index contributed by atoms with van der Waals surface area (Å²) in [4.78, 5) is 2.34. The van der Waals surface area contributed by atoms with Crippen LogP contribution in [0.2, 0.25) is 4.34 Å². The van der Waals surface area contributed by atoms with Gasteiger partial charge < -0.3 is 9.84 Å². The molecule has 0 bridgehead atoms. The lowest BCUT2D eigenvalue weighted by atomic mass is 10.1. The summed E-state index contributed by atoms with van der Waals surface area (Å²) >= 11 is 9.25. The third-order valence-corrected chi connectivity index (χ3v) is 4.93. The van der Waals surface area contributed by atoms with E-state index < -0.39 is 0 Å². The number of halogens is 1. The number of rotatable bonds is 7. The molecule has 2 aromatic heterocycles. The third kappa shape index (κ3) is 4.02. The summed E-state index contributed by atoms with van der Waals surface area (Å²) in [6.07, 6.45) is 0. The van der Waals surface area contributed by atoms with Crippen molar-refractivity contribution in [2.24, 2.45) is 0 Å². The van der Waals surface area contributed by atoms with E-state index in [1.54, 1.807) is 29.8 Å². The van der Waals surface area contributed by atoms with Gasteiger partial charge in [0.1, 0.15) is 0 Å². The zero-order chi connectivity index (χ0) is 13.7. The Morgan fingerprint density at radius 3 is 2.74 bits per heavy atom. The van der Waals surface area contributed by atoms with Gasteiger partial charge in [-0.25, -0.2) is 0 Å². The van der Waals surface area contributed by atoms with Gasteiger partial charge in [0.05, 0.1) is 29.6 Å². The summed E-state index contributed by atoms with van der Waals surface area (Å²) in [6, 6.07) is 7.97. The van der Waals surface area contributed by atoms with Crippen LogP contribution in [0.15, 0.2) is 29.6 Å². The first-order valence-corrected chi connectivity index (χ1v) is 7.96. The van der Waals surface area contributed by atoms with Crippen LogP contribution in [0.3, 0.4) is 0 Å². The number of thiophene rings is 2. The van der Waals surface area contributed by atoms with Gasteiger partial charge in [0, 0.05) is 16.9 Å². The first kappa shape index (κ1) is 15.0. The van der Waals surface area contributed by atoms with E-state index in [1.165, 1.54) is 4.88 Å². The second-order valence-electron chi connectivity index (χ2n) is 4.09. The molecule has 2 unspecified atom stereocenters. The molecule has 2 aromatic rings. The van der Waals surface area contributed by atoms with Crippen molar-refractivity contribution in [2.45, 2.75) is 12.1 Å². The maximum Gasteiger partial charge on any atom is 0.0931 e. The van der Waals surface area contributed by atoms with E-state index in [4.69, 9.17) is 16.3 Å². The highest BCUT2D eigenvalue weighted by Gasteiger charge is 2.20. The van der Waals surface area contributed by atoms with Crippen molar-refractivity contribution >= 4 is 34.3 Å². The van der Waals surface area contributed by atoms with Gasteiger partial charge in [-0.1, -0.05) is 17.7 Å². The molecule has 0 aliphatic heterocycles. The molecule has 3 nitrogen and oxygen atoms in total. The number of hydrogen-bond donors (Lipinski definition) is 2. The maximum absolute atomic E-state index is 9.39. The quantitative estimate of drug-likeness (QED) is 0.824. The summed E-state index contributed by atoms with van der Waals surface area (Å²) in [6.45, 7) is 0.506. The molecule has 19 heavy (non-hydrogen) atoms. The summed E-state index contributed by atoms with van der Waals surface area (Å²) in [5, 5.41) is 14.9. The Hall–Kier alpha value is -0.430. The minimum absolute atomic E-state index is 0.0365. The standard InChI is InChI=1S/C13H16ClNO2S2/c1-17-8-9(7-16)15-13(10-3-2-6-18-10)11-4-5-12(14)19-11/h2-6,9,13,15-16H,7-8H2,1H3. The Morgan fingerprint density at radius 1 is 1.37 bits per heavy atom. The van der Waals surface area contributed by atoms with E-state index in [1.807, 2.05) is 23.6 Å². The second kappa shape index (κ2) is 7.38. The minimum Gasteiger partial charge on any atom is -0.395 e. The van der Waals surface area contributed by atoms with Crippen molar-refractivity contribution in [1.29, 1.82) is 0 Å². The van der Waals surface area contributed by atoms with E-state index in [-0.39, 0.29) is 18.7 Å². The summed E-state index contributed by atoms with van der Waals surface area (Å²) in [5.74, 6) is 0. The summed E-state index contributed by atoms with van der Waals surface area (Å²) < 4.78 is 5.88. The van der Waals surface area contributed by atoms with Gasteiger partial charge in [0.15, 0.2) is 0 Å². The fraction of sp³-hybridized carbons (Fsp3) is 0.385. The van der Waals surface area contributed by atoms with Gasteiger partial charge in [-0.15, -0.1) is 22.7 Å². The van der Waals surface area contributed by atoms with Crippen LogP contribution in [0.5, 0.6) is 0 Å². The highest BCUT2D eigenvalue weighted by atomic mass is 35.5. The Balaban J connectivity index is 2.20. The monoisotopic (exact) mass is 317 g/mol. The van der Waals surface area contributed by atoms with Crippen LogP contribution in [-0.4, -0.2) is 31.5 Å². The average Bonchev–Trinajstić information content (AvgIpc) is 3.06. The Morgan fingerprint density at radius 2 is 2.21 bits per heavy atom. The van der Waals surface area contributed by atoms with Crippen LogP contribution in [0, 0.1) is 0 Å². The first-order valence-electron chi connectivity index (χ1n) is 5.89. The summed E-state index contributed by atoms with van der Waals surface area (Å²) in [7, 11) is 1.63. The molecule has 0 aromatic carbocycles. The van der Waals surface area contributed by atoms with E-state index in [9.17, 15) is 5.11 Å². The Labute approximate surface area is 125 Å². The van der Waals surface area contributed by atoms with Gasteiger partial charge in [0.2, 0.25) is 0 Å². The second-order valence-corrected chi connectivity index (χ2v) is 6.82. The van der Waals surface area contributed by atoms with Crippen molar-refractivity contribution in [3.8, 4) is 0 Å². The molecular weight excluding hydrogens is 302 g/mol. The van der Waals surface area contributed by atoms with Gasteiger partial charge in [-0.05, 0) is 23.6 Å². The zero-order valence-electron chi connectivity index (χ0n) is 10.5. The zero-order valence-corrected chi connectivity index (χ0v) is 12.9. The fourth-order valence-electron chi connectivity index (χ4n) is 1.83. The van der Waals surface area contributed by atoms with Crippen molar-refractivity contribution in [3.63, 3.8) is 0 Å². The maximum atomic E-state index is 9.39. The SMILES string of the molecule is COCC(CO)NC(c1cccs1)c1ccc(Cl)s1. The topological polar surface area (TPSA) is 41.5 Å². The van der Waals surface area contributed by atoms with E-state index in [2.05, 4.69) is 11.4 Å². The van der Waals surface area contributed by atoms with Crippen molar-refractivity contribution in [1.82, 2.24) is 5.32 Å². The lowest BCUT2D eigenvalue weighted by molar-refractivity contribution is 0.125. The summed E-state index contributed by atoms with van der Waals surface area (Å²) in [5.41, 5.74) is 0. The smallest absolute Gasteiger partial charge is 0.0931 e. The molecule has 0 aliphatic rings. The Bertz CT molecular complexity index is 487. The molecule has 0 aliphatic carbocycles. The van der Waals surface area contributed by atoms with E-state index in [0.29, 0.717) is 6.61 Å². The fourth-order valence-corrected chi connectivity index (χ4v) is 3.85. The van der Waals surface area contributed by atoms with Crippen LogP contribution in [0.25, 0.3) is 0 Å². The number of ether oxygens (including phenoxy) is 1. The van der Waals surface area contributed by atoms with Gasteiger partial charge >= 0.3 is 0 Å². The molecule has 0 radical (unpaired) electrons. The molecule has 6 heteroatoms. The van der Waals surface area contributed by atoms with Crippen LogP contribution >= 0.6 is 34.3 Å². The molecular formula is C13H16ClNO2S2. The molecule has 104 valence electrons. The molecule has 0 amide bonds. The van der Waals surface area contributed by atoms with E-state index >= 15 is 0 Å². The van der Waals surface area contributed by atoms with E-state index in [0.717, 1.165) is 9.21 Å². The Kier molecular flexibility index (Phi) is 5.81. The van der Waals surface area contributed by atoms with Crippen molar-refractivity contribution in [3.05, 3.63) is 43.7 Å².